The molecule has 3 rings (SSSR count). The predicted molar refractivity (Wildman–Crippen MR) is 68.1 cm³/mol. The third-order valence-electron chi connectivity index (χ3n) is 4.44. The Kier molecular flexibility index (Phi) is 2.71. The summed E-state index contributed by atoms with van der Waals surface area (Å²) in [5.41, 5.74) is 2.89. The molecule has 19 heavy (non-hydrogen) atoms. The van der Waals surface area contributed by atoms with Crippen LogP contribution >= 0.6 is 0 Å². The summed E-state index contributed by atoms with van der Waals surface area (Å²) in [6.45, 7) is 5.57. The van der Waals surface area contributed by atoms with E-state index in [1.54, 1.807) is 0 Å². The quantitative estimate of drug-likeness (QED) is 0.570. The van der Waals surface area contributed by atoms with Crippen LogP contribution in [0.15, 0.2) is 34.9 Å². The maximum atomic E-state index is 12.1. The molecule has 0 saturated carbocycles. The van der Waals surface area contributed by atoms with Crippen LogP contribution in [0.5, 0.6) is 0 Å². The normalized spacial score (nSPS) is 33.9. The number of allylic oxidation sites excluding steroid dienone is 2. The molecule has 1 fully saturated rings. The molecule has 0 radical (unpaired) electrons. The van der Waals surface area contributed by atoms with Crippen molar-refractivity contribution in [2.24, 2.45) is 11.8 Å². The molecule has 1 saturated heterocycles. The topological polar surface area (TPSA) is 63.6 Å². The van der Waals surface area contributed by atoms with Gasteiger partial charge in [-0.3, -0.25) is 4.79 Å². The van der Waals surface area contributed by atoms with E-state index in [1.807, 2.05) is 6.92 Å². The van der Waals surface area contributed by atoms with Gasteiger partial charge in [-0.2, -0.15) is 0 Å². The summed E-state index contributed by atoms with van der Waals surface area (Å²) in [5.74, 6) is -0.759. The van der Waals surface area contributed by atoms with Crippen LogP contribution < -0.4 is 0 Å². The highest BCUT2D eigenvalue weighted by atomic mass is 16.6. The molecule has 0 spiro atoms. The standard InChI is InChI=1S/C15H16O4/c1-7-3-4-10-8(2)15(18)19-14(10)13-9(6-16)5-11(17)12(7)13/h5,10,13-14,16H,2-4,6H2,1H3/t10-,13-,14-/m0/s1. The van der Waals surface area contributed by atoms with Crippen LogP contribution in [0.2, 0.25) is 0 Å². The Morgan fingerprint density at radius 2 is 2.21 bits per heavy atom. The predicted octanol–water partition coefficient (Wildman–Crippen LogP) is 1.31. The SMILES string of the molecule is C=C1C(=O)O[C@@H]2[C@H]3C(CO)=CC(=O)C3=C(C)CC[C@@H]12. The minimum atomic E-state index is -0.378. The lowest BCUT2D eigenvalue weighted by molar-refractivity contribution is -0.140. The average molecular weight is 260 g/mol. The maximum Gasteiger partial charge on any atom is 0.334 e. The highest BCUT2D eigenvalue weighted by molar-refractivity contribution is 6.09. The molecule has 4 nitrogen and oxygen atoms in total. The van der Waals surface area contributed by atoms with Crippen molar-refractivity contribution in [2.45, 2.75) is 25.9 Å². The molecular weight excluding hydrogens is 244 g/mol. The molecule has 0 aromatic carbocycles. The number of fused-ring (bicyclic) bond motifs is 3. The van der Waals surface area contributed by atoms with Gasteiger partial charge in [-0.25, -0.2) is 4.79 Å². The first-order chi connectivity index (χ1) is 9.04. The first-order valence-electron chi connectivity index (χ1n) is 6.49. The van der Waals surface area contributed by atoms with E-state index in [0.717, 1.165) is 18.4 Å². The van der Waals surface area contributed by atoms with Crippen LogP contribution in [0.1, 0.15) is 19.8 Å². The van der Waals surface area contributed by atoms with Gasteiger partial charge in [0, 0.05) is 23.0 Å². The highest BCUT2D eigenvalue weighted by Gasteiger charge is 2.49. The molecule has 0 aromatic rings. The minimum Gasteiger partial charge on any atom is -0.457 e. The van der Waals surface area contributed by atoms with Crippen LogP contribution in [0.4, 0.5) is 0 Å². The van der Waals surface area contributed by atoms with Gasteiger partial charge in [0.2, 0.25) is 0 Å². The second kappa shape index (κ2) is 4.17. The smallest absolute Gasteiger partial charge is 0.334 e. The van der Waals surface area contributed by atoms with Gasteiger partial charge in [0.05, 0.1) is 6.61 Å². The second-order valence-corrected chi connectivity index (χ2v) is 5.45. The van der Waals surface area contributed by atoms with Crippen LogP contribution in [0.25, 0.3) is 0 Å². The average Bonchev–Trinajstić information content (AvgIpc) is 2.80. The molecular formula is C15H16O4. The van der Waals surface area contributed by atoms with Gasteiger partial charge in [-0.1, -0.05) is 12.2 Å². The van der Waals surface area contributed by atoms with Gasteiger partial charge >= 0.3 is 5.97 Å². The summed E-state index contributed by atoms with van der Waals surface area (Å²) in [4.78, 5) is 23.8. The number of carbonyl (C=O) groups excluding carboxylic acids is 2. The summed E-state index contributed by atoms with van der Waals surface area (Å²) in [6, 6.07) is 0. The van der Waals surface area contributed by atoms with E-state index in [9.17, 15) is 14.7 Å². The number of aliphatic hydroxyl groups is 1. The molecule has 1 aliphatic heterocycles. The zero-order chi connectivity index (χ0) is 13.7. The first kappa shape index (κ1) is 12.4. The number of ether oxygens (including phenoxy) is 1. The molecule has 0 aromatic heterocycles. The van der Waals surface area contributed by atoms with Crippen LogP contribution in [0.3, 0.4) is 0 Å². The summed E-state index contributed by atoms with van der Waals surface area (Å²) in [7, 11) is 0. The third kappa shape index (κ3) is 1.63. The van der Waals surface area contributed by atoms with Gasteiger partial charge in [0.25, 0.3) is 0 Å². The highest BCUT2D eigenvalue weighted by Crippen LogP contribution is 2.47. The molecule has 1 N–H and O–H groups in total. The van der Waals surface area contributed by atoms with Gasteiger partial charge < -0.3 is 9.84 Å². The van der Waals surface area contributed by atoms with Crippen LogP contribution in [-0.4, -0.2) is 29.6 Å². The van der Waals surface area contributed by atoms with E-state index in [2.05, 4.69) is 6.58 Å². The molecule has 100 valence electrons. The van der Waals surface area contributed by atoms with Gasteiger partial charge in [0.1, 0.15) is 6.10 Å². The van der Waals surface area contributed by atoms with E-state index in [1.165, 1.54) is 6.08 Å². The Balaban J connectivity index is 2.09. The van der Waals surface area contributed by atoms with Crippen molar-refractivity contribution in [1.29, 1.82) is 0 Å². The number of aliphatic hydroxyl groups excluding tert-OH is 1. The van der Waals surface area contributed by atoms with Crippen LogP contribution in [-0.2, 0) is 14.3 Å². The van der Waals surface area contributed by atoms with E-state index in [4.69, 9.17) is 4.74 Å². The van der Waals surface area contributed by atoms with Crippen molar-refractivity contribution in [1.82, 2.24) is 0 Å². The summed E-state index contributed by atoms with van der Waals surface area (Å²) < 4.78 is 5.42. The van der Waals surface area contributed by atoms with E-state index in [-0.39, 0.29) is 36.3 Å². The lowest BCUT2D eigenvalue weighted by atomic mass is 9.83. The number of hydrogen-bond donors (Lipinski definition) is 1. The van der Waals surface area contributed by atoms with Gasteiger partial charge in [-0.05, 0) is 31.4 Å². The Morgan fingerprint density at radius 3 is 2.89 bits per heavy atom. The molecule has 0 bridgehead atoms. The monoisotopic (exact) mass is 260 g/mol. The number of rotatable bonds is 1. The number of ketones is 1. The van der Waals surface area contributed by atoms with Crippen molar-refractivity contribution < 1.29 is 19.4 Å². The Morgan fingerprint density at radius 1 is 1.47 bits per heavy atom. The van der Waals surface area contributed by atoms with E-state index in [0.29, 0.717) is 16.7 Å². The Bertz CT molecular complexity index is 552. The van der Waals surface area contributed by atoms with Gasteiger partial charge in [0.15, 0.2) is 5.78 Å². The zero-order valence-corrected chi connectivity index (χ0v) is 10.8. The Hall–Kier alpha value is -1.68. The van der Waals surface area contributed by atoms with E-state index < -0.39 is 0 Å². The number of esters is 1. The molecule has 0 amide bonds. The molecule has 0 unspecified atom stereocenters. The third-order valence-corrected chi connectivity index (χ3v) is 4.44. The number of carbonyl (C=O) groups is 2. The summed E-state index contributed by atoms with van der Waals surface area (Å²) in [6.07, 6.45) is 2.65. The molecule has 3 aliphatic rings. The minimum absolute atomic E-state index is 0.0502. The summed E-state index contributed by atoms with van der Waals surface area (Å²) >= 11 is 0. The molecule has 2 aliphatic carbocycles. The lowest BCUT2D eigenvalue weighted by Crippen LogP contribution is -2.28. The Labute approximate surface area is 111 Å². The van der Waals surface area contributed by atoms with Gasteiger partial charge in [-0.15, -0.1) is 0 Å². The fourth-order valence-corrected chi connectivity index (χ4v) is 3.45. The fraction of sp³-hybridized carbons (Fsp3) is 0.467. The van der Waals surface area contributed by atoms with E-state index >= 15 is 0 Å². The fourth-order valence-electron chi connectivity index (χ4n) is 3.45. The largest absolute Gasteiger partial charge is 0.457 e. The maximum absolute atomic E-state index is 12.1. The van der Waals surface area contributed by atoms with Crippen molar-refractivity contribution in [3.63, 3.8) is 0 Å². The summed E-state index contributed by atoms with van der Waals surface area (Å²) in [5, 5.41) is 9.45. The second-order valence-electron chi connectivity index (χ2n) is 5.45. The lowest BCUT2D eigenvalue weighted by Gasteiger charge is -2.24. The van der Waals surface area contributed by atoms with Crippen molar-refractivity contribution in [3.8, 4) is 0 Å². The van der Waals surface area contributed by atoms with Crippen LogP contribution in [0, 0.1) is 11.8 Å². The number of hydrogen-bond acceptors (Lipinski definition) is 4. The van der Waals surface area contributed by atoms with Crippen molar-refractivity contribution in [3.05, 3.63) is 34.9 Å². The molecule has 4 heteroatoms. The molecule has 3 atom stereocenters. The molecule has 1 heterocycles. The van der Waals surface area contributed by atoms with Crippen molar-refractivity contribution >= 4 is 11.8 Å². The van der Waals surface area contributed by atoms with Crippen molar-refractivity contribution in [2.75, 3.05) is 6.61 Å². The zero-order valence-electron chi connectivity index (χ0n) is 10.8. The first-order valence-corrected chi connectivity index (χ1v) is 6.49.